The fourth-order valence-electron chi connectivity index (χ4n) is 3.33. The summed E-state index contributed by atoms with van der Waals surface area (Å²) in [6.07, 6.45) is 1.96. The Hall–Kier alpha value is -2.11. The molecule has 2 aromatic rings. The zero-order chi connectivity index (χ0) is 17.6. The number of carbonyl (C=O) groups excluding carboxylic acids is 1. The van der Waals surface area contributed by atoms with E-state index in [0.29, 0.717) is 19.6 Å². The zero-order valence-electron chi connectivity index (χ0n) is 14.9. The molecule has 5 heteroatoms. The van der Waals surface area contributed by atoms with Gasteiger partial charge >= 0.3 is 0 Å². The van der Waals surface area contributed by atoms with Crippen molar-refractivity contribution in [3.63, 3.8) is 0 Å². The summed E-state index contributed by atoms with van der Waals surface area (Å²) in [5.74, 6) is 0.912. The van der Waals surface area contributed by atoms with Crippen molar-refractivity contribution in [3.05, 3.63) is 60.1 Å². The molecule has 2 atom stereocenters. The SMILES string of the molecule is CC1CN(CC(=O)N(Cc2ccccc2)Cc2ccco2)CC(C)O1. The maximum Gasteiger partial charge on any atom is 0.237 e. The van der Waals surface area contributed by atoms with E-state index < -0.39 is 0 Å². The molecule has 1 amide bonds. The number of ether oxygens (including phenoxy) is 1. The lowest BCUT2D eigenvalue weighted by atomic mass is 10.2. The van der Waals surface area contributed by atoms with Gasteiger partial charge in [0.05, 0.1) is 31.6 Å². The van der Waals surface area contributed by atoms with E-state index in [9.17, 15) is 4.79 Å². The van der Waals surface area contributed by atoms with E-state index in [1.807, 2.05) is 47.4 Å². The van der Waals surface area contributed by atoms with E-state index in [0.717, 1.165) is 24.4 Å². The summed E-state index contributed by atoms with van der Waals surface area (Å²) < 4.78 is 11.2. The van der Waals surface area contributed by atoms with Crippen LogP contribution in [0.15, 0.2) is 53.1 Å². The highest BCUT2D eigenvalue weighted by atomic mass is 16.5. The largest absolute Gasteiger partial charge is 0.467 e. The van der Waals surface area contributed by atoms with Crippen molar-refractivity contribution in [2.24, 2.45) is 0 Å². The summed E-state index contributed by atoms with van der Waals surface area (Å²) in [7, 11) is 0. The van der Waals surface area contributed by atoms with Gasteiger partial charge in [0.2, 0.25) is 5.91 Å². The third-order valence-corrected chi connectivity index (χ3v) is 4.35. The standard InChI is InChI=1S/C20H26N2O3/c1-16-11-21(12-17(2)25-16)15-20(23)22(14-19-9-6-10-24-19)13-18-7-4-3-5-8-18/h3-10,16-17H,11-15H2,1-2H3. The highest BCUT2D eigenvalue weighted by Crippen LogP contribution is 2.14. The Balaban J connectivity index is 1.67. The lowest BCUT2D eigenvalue weighted by molar-refractivity contribution is -0.137. The van der Waals surface area contributed by atoms with Crippen LogP contribution in [0.5, 0.6) is 0 Å². The van der Waals surface area contributed by atoms with Gasteiger partial charge in [-0.05, 0) is 31.5 Å². The Kier molecular flexibility index (Phi) is 5.89. The first kappa shape index (κ1) is 17.7. The third kappa shape index (κ3) is 5.18. The van der Waals surface area contributed by atoms with Crippen molar-refractivity contribution in [1.82, 2.24) is 9.80 Å². The van der Waals surface area contributed by atoms with Crippen LogP contribution >= 0.6 is 0 Å². The Morgan fingerprint density at radius 2 is 1.80 bits per heavy atom. The van der Waals surface area contributed by atoms with Crippen LogP contribution in [0.25, 0.3) is 0 Å². The van der Waals surface area contributed by atoms with Crippen molar-refractivity contribution in [1.29, 1.82) is 0 Å². The number of hydrogen-bond donors (Lipinski definition) is 0. The number of furan rings is 1. The molecular weight excluding hydrogens is 316 g/mol. The first-order valence-corrected chi connectivity index (χ1v) is 8.82. The maximum absolute atomic E-state index is 13.0. The second-order valence-electron chi connectivity index (χ2n) is 6.77. The molecular formula is C20H26N2O3. The Morgan fingerprint density at radius 1 is 1.08 bits per heavy atom. The monoisotopic (exact) mass is 342 g/mol. The Morgan fingerprint density at radius 3 is 2.44 bits per heavy atom. The fourth-order valence-corrected chi connectivity index (χ4v) is 3.33. The number of nitrogens with zero attached hydrogens (tertiary/aromatic N) is 2. The molecule has 0 N–H and O–H groups in total. The van der Waals surface area contributed by atoms with E-state index >= 15 is 0 Å². The smallest absolute Gasteiger partial charge is 0.237 e. The molecule has 5 nitrogen and oxygen atoms in total. The summed E-state index contributed by atoms with van der Waals surface area (Å²) in [5.41, 5.74) is 1.12. The summed E-state index contributed by atoms with van der Waals surface area (Å²) in [6.45, 7) is 7.15. The molecule has 1 aliphatic heterocycles. The molecule has 1 aromatic heterocycles. The fraction of sp³-hybridized carbons (Fsp3) is 0.450. The van der Waals surface area contributed by atoms with Crippen LogP contribution in [0, 0.1) is 0 Å². The molecule has 0 spiro atoms. The molecule has 134 valence electrons. The van der Waals surface area contributed by atoms with Gasteiger partial charge in [0.25, 0.3) is 0 Å². The quantitative estimate of drug-likeness (QED) is 0.810. The topological polar surface area (TPSA) is 45.9 Å². The molecule has 0 radical (unpaired) electrons. The van der Waals surface area contributed by atoms with Gasteiger partial charge in [-0.15, -0.1) is 0 Å². The Bertz CT molecular complexity index is 647. The van der Waals surface area contributed by atoms with Gasteiger partial charge in [0, 0.05) is 19.6 Å². The molecule has 0 saturated carbocycles. The zero-order valence-corrected chi connectivity index (χ0v) is 14.9. The molecule has 1 saturated heterocycles. The maximum atomic E-state index is 13.0. The first-order chi connectivity index (χ1) is 12.1. The average molecular weight is 342 g/mol. The molecule has 0 aliphatic carbocycles. The molecule has 2 unspecified atom stereocenters. The number of amides is 1. The Labute approximate surface area is 149 Å². The molecule has 3 rings (SSSR count). The van der Waals surface area contributed by atoms with Crippen LogP contribution in [-0.2, 0) is 22.6 Å². The van der Waals surface area contributed by atoms with Crippen LogP contribution in [0.3, 0.4) is 0 Å². The van der Waals surface area contributed by atoms with Gasteiger partial charge in [0.1, 0.15) is 5.76 Å². The van der Waals surface area contributed by atoms with Gasteiger partial charge < -0.3 is 14.1 Å². The van der Waals surface area contributed by atoms with Crippen LogP contribution in [0.4, 0.5) is 0 Å². The number of carbonyl (C=O) groups is 1. The van der Waals surface area contributed by atoms with Crippen molar-refractivity contribution < 1.29 is 13.9 Å². The lowest BCUT2D eigenvalue weighted by Crippen LogP contribution is -2.49. The van der Waals surface area contributed by atoms with E-state index in [1.165, 1.54) is 0 Å². The van der Waals surface area contributed by atoms with Crippen LogP contribution in [0.2, 0.25) is 0 Å². The molecule has 1 fully saturated rings. The molecule has 25 heavy (non-hydrogen) atoms. The first-order valence-electron chi connectivity index (χ1n) is 8.82. The molecule has 2 heterocycles. The number of benzene rings is 1. The predicted octanol–water partition coefficient (Wildman–Crippen LogP) is 2.92. The lowest BCUT2D eigenvalue weighted by Gasteiger charge is -2.36. The van der Waals surface area contributed by atoms with Gasteiger partial charge in [-0.3, -0.25) is 9.69 Å². The van der Waals surface area contributed by atoms with E-state index in [4.69, 9.17) is 9.15 Å². The minimum Gasteiger partial charge on any atom is -0.467 e. The van der Waals surface area contributed by atoms with Crippen molar-refractivity contribution in [2.45, 2.75) is 39.1 Å². The van der Waals surface area contributed by atoms with Crippen molar-refractivity contribution >= 4 is 5.91 Å². The van der Waals surface area contributed by atoms with Gasteiger partial charge in [0.15, 0.2) is 0 Å². The van der Waals surface area contributed by atoms with E-state index in [-0.39, 0.29) is 18.1 Å². The van der Waals surface area contributed by atoms with Gasteiger partial charge in [-0.1, -0.05) is 30.3 Å². The highest BCUT2D eigenvalue weighted by Gasteiger charge is 2.26. The molecule has 1 aliphatic rings. The van der Waals surface area contributed by atoms with E-state index in [2.05, 4.69) is 18.7 Å². The second kappa shape index (κ2) is 8.32. The summed E-state index contributed by atoms with van der Waals surface area (Å²) >= 11 is 0. The average Bonchev–Trinajstić information content (AvgIpc) is 3.07. The highest BCUT2D eigenvalue weighted by molar-refractivity contribution is 5.78. The summed E-state index contributed by atoms with van der Waals surface area (Å²) in [5, 5.41) is 0. The third-order valence-electron chi connectivity index (χ3n) is 4.35. The summed E-state index contributed by atoms with van der Waals surface area (Å²) in [4.78, 5) is 17.0. The second-order valence-corrected chi connectivity index (χ2v) is 6.77. The molecule has 1 aromatic carbocycles. The molecule has 0 bridgehead atoms. The van der Waals surface area contributed by atoms with Crippen molar-refractivity contribution in [2.75, 3.05) is 19.6 Å². The van der Waals surface area contributed by atoms with E-state index in [1.54, 1.807) is 6.26 Å². The number of rotatable bonds is 6. The van der Waals surface area contributed by atoms with Crippen LogP contribution < -0.4 is 0 Å². The van der Waals surface area contributed by atoms with Crippen LogP contribution in [-0.4, -0.2) is 47.5 Å². The minimum absolute atomic E-state index is 0.113. The van der Waals surface area contributed by atoms with Crippen LogP contribution in [0.1, 0.15) is 25.2 Å². The normalized spacial score (nSPS) is 21.2. The number of morpholine rings is 1. The number of hydrogen-bond acceptors (Lipinski definition) is 4. The minimum atomic E-state index is 0.113. The summed E-state index contributed by atoms with van der Waals surface area (Å²) in [6, 6.07) is 13.8. The van der Waals surface area contributed by atoms with Crippen molar-refractivity contribution in [3.8, 4) is 0 Å². The predicted molar refractivity (Wildman–Crippen MR) is 95.9 cm³/mol. The van der Waals surface area contributed by atoms with Gasteiger partial charge in [-0.2, -0.15) is 0 Å². The van der Waals surface area contributed by atoms with Gasteiger partial charge in [-0.25, -0.2) is 0 Å².